The maximum Gasteiger partial charge on any atom is 0.270 e. The van der Waals surface area contributed by atoms with Gasteiger partial charge in [-0.3, -0.25) is 14.9 Å². The Kier molecular flexibility index (Phi) is 6.04. The minimum absolute atomic E-state index is 0.00219. The molecule has 0 aliphatic rings. The van der Waals surface area contributed by atoms with Gasteiger partial charge in [-0.1, -0.05) is 42.5 Å². The van der Waals surface area contributed by atoms with E-state index in [2.05, 4.69) is 5.32 Å². The predicted octanol–water partition coefficient (Wildman–Crippen LogP) is 5.56. The number of nitrogens with one attached hydrogen (secondary N) is 1. The largest absolute Gasteiger partial charge is 0.344 e. The van der Waals surface area contributed by atoms with Gasteiger partial charge < -0.3 is 5.32 Å². The molecule has 7 nitrogen and oxygen atoms in total. The van der Waals surface area contributed by atoms with Crippen LogP contribution in [0.1, 0.15) is 40.1 Å². The van der Waals surface area contributed by atoms with Crippen LogP contribution in [0.25, 0.3) is 16.9 Å². The number of nitro benzene ring substituents is 1. The fourth-order valence-corrected chi connectivity index (χ4v) is 3.66. The molecule has 166 valence electrons. The molecule has 0 radical (unpaired) electrons. The third kappa shape index (κ3) is 4.67. The summed E-state index contributed by atoms with van der Waals surface area (Å²) in [5, 5.41) is 18.8. The zero-order valence-electron chi connectivity index (χ0n) is 18.6. The summed E-state index contributed by atoms with van der Waals surface area (Å²) in [6, 6.07) is 23.4. The lowest BCUT2D eigenvalue weighted by atomic mass is 10.1. The second-order valence-electron chi connectivity index (χ2n) is 8.03. The van der Waals surface area contributed by atoms with E-state index < -0.39 is 4.92 Å². The second kappa shape index (κ2) is 9.08. The van der Waals surface area contributed by atoms with Crippen molar-refractivity contribution in [3.63, 3.8) is 0 Å². The molecule has 4 aromatic rings. The van der Waals surface area contributed by atoms with Gasteiger partial charge in [0.2, 0.25) is 0 Å². The van der Waals surface area contributed by atoms with Crippen LogP contribution >= 0.6 is 0 Å². The van der Waals surface area contributed by atoms with E-state index in [9.17, 15) is 14.9 Å². The number of aromatic nitrogens is 2. The molecule has 0 aliphatic carbocycles. The molecule has 0 aliphatic heterocycles. The summed E-state index contributed by atoms with van der Waals surface area (Å²) in [5.41, 5.74) is 5.47. The lowest BCUT2D eigenvalue weighted by Crippen LogP contribution is -2.28. The van der Waals surface area contributed by atoms with Crippen molar-refractivity contribution in [3.05, 3.63) is 111 Å². The van der Waals surface area contributed by atoms with Crippen molar-refractivity contribution in [2.45, 2.75) is 26.8 Å². The van der Waals surface area contributed by atoms with Crippen LogP contribution in [0.5, 0.6) is 0 Å². The summed E-state index contributed by atoms with van der Waals surface area (Å²) in [6.45, 7) is 5.89. The number of benzene rings is 3. The normalized spacial score (nSPS) is 11.7. The first-order chi connectivity index (χ1) is 15.8. The molecule has 0 spiro atoms. The number of carbonyl (C=O) groups is 1. The van der Waals surface area contributed by atoms with Gasteiger partial charge >= 0.3 is 0 Å². The van der Waals surface area contributed by atoms with Gasteiger partial charge in [-0.15, -0.1) is 0 Å². The molecule has 4 rings (SSSR count). The van der Waals surface area contributed by atoms with Crippen molar-refractivity contribution in [2.24, 2.45) is 0 Å². The molecule has 1 aromatic heterocycles. The molecule has 1 amide bonds. The quantitative estimate of drug-likeness (QED) is 0.314. The zero-order valence-corrected chi connectivity index (χ0v) is 18.6. The minimum Gasteiger partial charge on any atom is -0.344 e. The molecule has 0 saturated carbocycles. The Morgan fingerprint density at radius 1 is 1.00 bits per heavy atom. The fourth-order valence-electron chi connectivity index (χ4n) is 3.66. The predicted molar refractivity (Wildman–Crippen MR) is 127 cm³/mol. The lowest BCUT2D eigenvalue weighted by molar-refractivity contribution is -0.384. The van der Waals surface area contributed by atoms with Crippen LogP contribution in [-0.2, 0) is 0 Å². The van der Waals surface area contributed by atoms with E-state index in [4.69, 9.17) is 5.10 Å². The molecule has 1 unspecified atom stereocenters. The Bertz CT molecular complexity index is 1310. The minimum atomic E-state index is -0.442. The van der Waals surface area contributed by atoms with Gasteiger partial charge in [-0.05, 0) is 61.7 Å². The monoisotopic (exact) mass is 440 g/mol. The Morgan fingerprint density at radius 2 is 1.70 bits per heavy atom. The Hall–Kier alpha value is -4.26. The van der Waals surface area contributed by atoms with Gasteiger partial charge in [0.15, 0.2) is 0 Å². The number of carbonyl (C=O) groups excluding carboxylic acids is 1. The van der Waals surface area contributed by atoms with Crippen LogP contribution in [0.15, 0.2) is 78.9 Å². The SMILES string of the molecule is Cc1ccc(C)c(-n2nc(-c3ccc([N+](=O)[O-])cc3)cc2C(=O)NC(C)c2ccccc2)c1. The molecular formula is C26H24N4O3. The third-order valence-corrected chi connectivity index (χ3v) is 5.56. The number of non-ortho nitro benzene ring substituents is 1. The van der Waals surface area contributed by atoms with Crippen LogP contribution in [0.4, 0.5) is 5.69 Å². The number of nitrogens with zero attached hydrogens (tertiary/aromatic N) is 3. The summed E-state index contributed by atoms with van der Waals surface area (Å²) >= 11 is 0. The first kappa shape index (κ1) is 22.0. The van der Waals surface area contributed by atoms with Crippen molar-refractivity contribution in [3.8, 4) is 16.9 Å². The molecule has 33 heavy (non-hydrogen) atoms. The van der Waals surface area contributed by atoms with E-state index in [-0.39, 0.29) is 17.6 Å². The van der Waals surface area contributed by atoms with Crippen LogP contribution in [-0.4, -0.2) is 20.6 Å². The first-order valence-corrected chi connectivity index (χ1v) is 10.6. The van der Waals surface area contributed by atoms with Crippen molar-refractivity contribution in [1.29, 1.82) is 0 Å². The summed E-state index contributed by atoms with van der Waals surface area (Å²) < 4.78 is 1.64. The number of nitro groups is 1. The first-order valence-electron chi connectivity index (χ1n) is 10.6. The average molecular weight is 441 g/mol. The van der Waals surface area contributed by atoms with Gasteiger partial charge in [0.05, 0.1) is 22.3 Å². The van der Waals surface area contributed by atoms with Gasteiger partial charge in [0.25, 0.3) is 11.6 Å². The second-order valence-corrected chi connectivity index (χ2v) is 8.03. The summed E-state index contributed by atoms with van der Waals surface area (Å²) in [7, 11) is 0. The number of aryl methyl sites for hydroxylation is 2. The molecule has 1 N–H and O–H groups in total. The van der Waals surface area contributed by atoms with E-state index in [0.717, 1.165) is 22.4 Å². The van der Waals surface area contributed by atoms with Crippen molar-refractivity contribution >= 4 is 11.6 Å². The molecule has 3 aromatic carbocycles. The van der Waals surface area contributed by atoms with Crippen LogP contribution in [0, 0.1) is 24.0 Å². The molecule has 0 saturated heterocycles. The Morgan fingerprint density at radius 3 is 2.36 bits per heavy atom. The molecule has 1 heterocycles. The molecule has 0 fully saturated rings. The topological polar surface area (TPSA) is 90.1 Å². The number of hydrogen-bond acceptors (Lipinski definition) is 4. The lowest BCUT2D eigenvalue weighted by Gasteiger charge is -2.16. The Balaban J connectivity index is 1.76. The van der Waals surface area contributed by atoms with E-state index in [1.54, 1.807) is 22.9 Å². The van der Waals surface area contributed by atoms with E-state index in [0.29, 0.717) is 17.0 Å². The van der Waals surface area contributed by atoms with Crippen LogP contribution in [0.3, 0.4) is 0 Å². The Labute approximate surface area is 191 Å². The van der Waals surface area contributed by atoms with Gasteiger partial charge in [-0.2, -0.15) is 5.10 Å². The highest BCUT2D eigenvalue weighted by Gasteiger charge is 2.21. The number of rotatable bonds is 6. The highest BCUT2D eigenvalue weighted by atomic mass is 16.6. The molecule has 7 heteroatoms. The van der Waals surface area contributed by atoms with Crippen molar-refractivity contribution in [1.82, 2.24) is 15.1 Å². The summed E-state index contributed by atoms with van der Waals surface area (Å²) in [5.74, 6) is -0.257. The van der Waals surface area contributed by atoms with E-state index in [1.165, 1.54) is 12.1 Å². The zero-order chi connectivity index (χ0) is 23.5. The van der Waals surface area contributed by atoms with Gasteiger partial charge in [0.1, 0.15) is 5.69 Å². The van der Waals surface area contributed by atoms with Gasteiger partial charge in [-0.25, -0.2) is 4.68 Å². The summed E-state index contributed by atoms with van der Waals surface area (Å²) in [6.07, 6.45) is 0. The third-order valence-electron chi connectivity index (χ3n) is 5.56. The highest BCUT2D eigenvalue weighted by molar-refractivity contribution is 5.94. The molecular weight excluding hydrogens is 416 g/mol. The standard InChI is InChI=1S/C26H24N4O3/c1-17-9-10-18(2)24(15-17)29-25(26(31)27-19(3)20-7-5-4-6-8-20)16-23(28-29)21-11-13-22(14-12-21)30(32)33/h4-16,19H,1-3H3,(H,27,31). The van der Waals surface area contributed by atoms with Crippen LogP contribution in [0.2, 0.25) is 0 Å². The van der Waals surface area contributed by atoms with E-state index in [1.807, 2.05) is 69.3 Å². The van der Waals surface area contributed by atoms with Crippen molar-refractivity contribution < 1.29 is 9.72 Å². The number of amides is 1. The highest BCUT2D eigenvalue weighted by Crippen LogP contribution is 2.26. The maximum absolute atomic E-state index is 13.3. The summed E-state index contributed by atoms with van der Waals surface area (Å²) in [4.78, 5) is 23.9. The average Bonchev–Trinajstić information content (AvgIpc) is 3.26. The van der Waals surface area contributed by atoms with E-state index >= 15 is 0 Å². The fraction of sp³-hybridized carbons (Fsp3) is 0.154. The molecule has 1 atom stereocenters. The van der Waals surface area contributed by atoms with Crippen molar-refractivity contribution in [2.75, 3.05) is 0 Å². The van der Waals surface area contributed by atoms with Gasteiger partial charge in [0, 0.05) is 17.7 Å². The van der Waals surface area contributed by atoms with Crippen LogP contribution < -0.4 is 5.32 Å². The number of hydrogen-bond donors (Lipinski definition) is 1. The molecule has 0 bridgehead atoms. The smallest absolute Gasteiger partial charge is 0.270 e. The maximum atomic E-state index is 13.3.